The van der Waals surface area contributed by atoms with Gasteiger partial charge in [-0.05, 0) is 24.3 Å². The Kier molecular flexibility index (Phi) is 5.60. The Morgan fingerprint density at radius 1 is 1.14 bits per heavy atom. The number of rotatable bonds is 7. The van der Waals surface area contributed by atoms with E-state index < -0.39 is 0 Å². The molecule has 0 bridgehead atoms. The van der Waals surface area contributed by atoms with Gasteiger partial charge < -0.3 is 10.1 Å². The number of nitrogens with one attached hydrogen (secondary N) is 1. The molecule has 0 saturated heterocycles. The van der Waals surface area contributed by atoms with Crippen molar-refractivity contribution in [2.45, 2.75) is 6.42 Å². The van der Waals surface area contributed by atoms with Crippen LogP contribution in [0.25, 0.3) is 16.2 Å². The van der Waals surface area contributed by atoms with Gasteiger partial charge in [-0.25, -0.2) is 4.98 Å². The Hall–Kier alpha value is -2.83. The number of benzene rings is 2. The molecule has 1 N–H and O–H groups in total. The molecule has 0 aliphatic carbocycles. The first-order valence-corrected chi connectivity index (χ1v) is 10.1. The van der Waals surface area contributed by atoms with Crippen molar-refractivity contribution >= 4 is 33.8 Å². The van der Waals surface area contributed by atoms with E-state index in [4.69, 9.17) is 16.3 Å². The fourth-order valence-electron chi connectivity index (χ4n) is 2.82. The number of para-hydroxylation sites is 1. The van der Waals surface area contributed by atoms with Crippen LogP contribution >= 0.6 is 22.9 Å². The van der Waals surface area contributed by atoms with Crippen molar-refractivity contribution in [1.82, 2.24) is 14.7 Å². The second-order valence-corrected chi connectivity index (χ2v) is 7.47. The van der Waals surface area contributed by atoms with Crippen LogP contribution in [0.2, 0.25) is 5.02 Å². The van der Waals surface area contributed by atoms with Crippen molar-refractivity contribution in [3.05, 3.63) is 76.9 Å². The first kappa shape index (κ1) is 18.5. The molecule has 0 spiro atoms. The Morgan fingerprint density at radius 2 is 1.93 bits per heavy atom. The molecule has 2 heterocycles. The van der Waals surface area contributed by atoms with Crippen molar-refractivity contribution < 1.29 is 9.53 Å². The van der Waals surface area contributed by atoms with E-state index in [-0.39, 0.29) is 5.91 Å². The second-order valence-electron chi connectivity index (χ2n) is 6.20. The van der Waals surface area contributed by atoms with E-state index in [1.165, 1.54) is 11.3 Å². The molecule has 4 rings (SSSR count). The van der Waals surface area contributed by atoms with Crippen molar-refractivity contribution in [2.75, 3.05) is 13.2 Å². The summed E-state index contributed by atoms with van der Waals surface area (Å²) in [6.45, 7) is 0.890. The Bertz CT molecular complexity index is 1070. The van der Waals surface area contributed by atoms with Gasteiger partial charge >= 0.3 is 0 Å². The number of halogens is 1. The Labute approximate surface area is 171 Å². The molecule has 0 unspecified atom stereocenters. The van der Waals surface area contributed by atoms with Crippen molar-refractivity contribution in [3.63, 3.8) is 0 Å². The second kappa shape index (κ2) is 8.46. The molecule has 0 aliphatic heterocycles. The lowest BCUT2D eigenvalue weighted by Crippen LogP contribution is -2.29. The zero-order valence-corrected chi connectivity index (χ0v) is 16.5. The van der Waals surface area contributed by atoms with Gasteiger partial charge in [0.15, 0.2) is 4.96 Å². The number of imidazole rings is 1. The molecule has 2 aromatic heterocycles. The summed E-state index contributed by atoms with van der Waals surface area (Å²) in [5, 5.41) is 5.55. The molecule has 1 amide bonds. The van der Waals surface area contributed by atoms with Gasteiger partial charge in [0.2, 0.25) is 5.91 Å². The average molecular weight is 412 g/mol. The number of amides is 1. The number of thiazole rings is 1. The molecule has 28 heavy (non-hydrogen) atoms. The van der Waals surface area contributed by atoms with Gasteiger partial charge in [-0.3, -0.25) is 9.20 Å². The number of carbonyl (C=O) groups excluding carboxylic acids is 1. The maximum Gasteiger partial charge on any atom is 0.226 e. The fraction of sp³-hybridized carbons (Fsp3) is 0.143. The van der Waals surface area contributed by atoms with Gasteiger partial charge in [0.05, 0.1) is 18.7 Å². The van der Waals surface area contributed by atoms with Gasteiger partial charge in [0.1, 0.15) is 12.4 Å². The lowest BCUT2D eigenvalue weighted by molar-refractivity contribution is -0.120. The van der Waals surface area contributed by atoms with E-state index in [0.717, 1.165) is 27.7 Å². The topological polar surface area (TPSA) is 55.6 Å². The summed E-state index contributed by atoms with van der Waals surface area (Å²) < 4.78 is 7.55. The van der Waals surface area contributed by atoms with Crippen molar-refractivity contribution in [1.29, 1.82) is 0 Å². The van der Waals surface area contributed by atoms with Crippen LogP contribution in [0, 0.1) is 0 Å². The third-order valence-electron chi connectivity index (χ3n) is 4.20. The summed E-state index contributed by atoms with van der Waals surface area (Å²) in [7, 11) is 0. The lowest BCUT2D eigenvalue weighted by atomic mass is 10.2. The van der Waals surface area contributed by atoms with Crippen LogP contribution < -0.4 is 10.1 Å². The smallest absolute Gasteiger partial charge is 0.226 e. The fourth-order valence-corrected chi connectivity index (χ4v) is 3.82. The van der Waals surface area contributed by atoms with Crippen molar-refractivity contribution in [3.8, 4) is 17.0 Å². The van der Waals surface area contributed by atoms with Gasteiger partial charge in [0, 0.05) is 27.9 Å². The first-order chi connectivity index (χ1) is 13.7. The van der Waals surface area contributed by atoms with Crippen molar-refractivity contribution in [2.24, 2.45) is 0 Å². The SMILES string of the molecule is O=C(Cc1csc2nc(-c3ccc(Cl)cc3)cn12)NCCOc1ccccc1. The lowest BCUT2D eigenvalue weighted by Gasteiger charge is -2.07. The van der Waals surface area contributed by atoms with Gasteiger partial charge in [-0.15, -0.1) is 11.3 Å². The number of nitrogens with zero attached hydrogens (tertiary/aromatic N) is 2. The zero-order valence-electron chi connectivity index (χ0n) is 15.0. The normalized spacial score (nSPS) is 10.9. The standard InChI is InChI=1S/C21H18ClN3O2S/c22-16-8-6-15(7-9-16)19-13-25-17(14-28-21(25)24-19)12-20(26)23-10-11-27-18-4-2-1-3-5-18/h1-9,13-14H,10-12H2,(H,23,26). The molecule has 7 heteroatoms. The molecule has 5 nitrogen and oxygen atoms in total. The Balaban J connectivity index is 1.35. The highest BCUT2D eigenvalue weighted by molar-refractivity contribution is 7.15. The molecule has 0 fully saturated rings. The van der Waals surface area contributed by atoms with Crippen LogP contribution in [-0.4, -0.2) is 28.4 Å². The average Bonchev–Trinajstić information content (AvgIpc) is 3.29. The first-order valence-electron chi connectivity index (χ1n) is 8.85. The number of ether oxygens (including phenoxy) is 1. The van der Waals surface area contributed by atoms with Crippen LogP contribution in [0.15, 0.2) is 66.2 Å². The van der Waals surface area contributed by atoms with Crippen LogP contribution in [0.4, 0.5) is 0 Å². The minimum atomic E-state index is -0.0434. The molecule has 0 atom stereocenters. The van der Waals surface area contributed by atoms with E-state index in [1.54, 1.807) is 0 Å². The molecule has 4 aromatic rings. The third-order valence-corrected chi connectivity index (χ3v) is 5.34. The molecule has 0 aliphatic rings. The summed E-state index contributed by atoms with van der Waals surface area (Å²) in [6.07, 6.45) is 2.25. The molecule has 2 aromatic carbocycles. The highest BCUT2D eigenvalue weighted by Crippen LogP contribution is 2.25. The van der Waals surface area contributed by atoms with E-state index in [2.05, 4.69) is 10.3 Å². The van der Waals surface area contributed by atoms with E-state index in [9.17, 15) is 4.79 Å². The summed E-state index contributed by atoms with van der Waals surface area (Å²) in [6, 6.07) is 17.1. The number of hydrogen-bond donors (Lipinski definition) is 1. The third kappa shape index (κ3) is 4.35. The van der Waals surface area contributed by atoms with Gasteiger partial charge in [0.25, 0.3) is 0 Å². The number of carbonyl (C=O) groups is 1. The predicted octanol–water partition coefficient (Wildman–Crippen LogP) is 4.45. The maximum atomic E-state index is 12.3. The minimum absolute atomic E-state index is 0.0434. The molecular formula is C21H18ClN3O2S. The van der Waals surface area contributed by atoms with Crippen LogP contribution in [0.5, 0.6) is 5.75 Å². The highest BCUT2D eigenvalue weighted by atomic mass is 35.5. The highest BCUT2D eigenvalue weighted by Gasteiger charge is 2.12. The number of hydrogen-bond acceptors (Lipinski definition) is 4. The quantitative estimate of drug-likeness (QED) is 0.457. The van der Waals surface area contributed by atoms with E-state index in [0.29, 0.717) is 24.6 Å². The summed E-state index contributed by atoms with van der Waals surface area (Å²) in [5.74, 6) is 0.752. The summed E-state index contributed by atoms with van der Waals surface area (Å²) in [4.78, 5) is 17.8. The Morgan fingerprint density at radius 3 is 2.71 bits per heavy atom. The molecule has 0 saturated carbocycles. The zero-order chi connectivity index (χ0) is 19.3. The number of aromatic nitrogens is 2. The molecular weight excluding hydrogens is 394 g/mol. The maximum absolute atomic E-state index is 12.3. The minimum Gasteiger partial charge on any atom is -0.492 e. The van der Waals surface area contributed by atoms with Gasteiger partial charge in [-0.2, -0.15) is 0 Å². The molecule has 142 valence electrons. The van der Waals surface area contributed by atoms with Crippen LogP contribution in [0.1, 0.15) is 5.69 Å². The predicted molar refractivity (Wildman–Crippen MR) is 112 cm³/mol. The van der Waals surface area contributed by atoms with Crippen LogP contribution in [0.3, 0.4) is 0 Å². The summed E-state index contributed by atoms with van der Waals surface area (Å²) >= 11 is 7.47. The van der Waals surface area contributed by atoms with E-state index in [1.807, 2.05) is 70.6 Å². The largest absolute Gasteiger partial charge is 0.492 e. The van der Waals surface area contributed by atoms with E-state index >= 15 is 0 Å². The summed E-state index contributed by atoms with van der Waals surface area (Å²) in [5.41, 5.74) is 2.77. The van der Waals surface area contributed by atoms with Crippen LogP contribution in [-0.2, 0) is 11.2 Å². The monoisotopic (exact) mass is 411 g/mol. The molecule has 0 radical (unpaired) electrons. The van der Waals surface area contributed by atoms with Gasteiger partial charge in [-0.1, -0.05) is 41.9 Å². The number of fused-ring (bicyclic) bond motifs is 1.